The predicted octanol–water partition coefficient (Wildman–Crippen LogP) is 1.40. The van der Waals surface area contributed by atoms with Crippen molar-refractivity contribution in [3.05, 3.63) is 53.9 Å². The van der Waals surface area contributed by atoms with E-state index in [-0.39, 0.29) is 0 Å². The zero-order valence-electron chi connectivity index (χ0n) is 10.7. The van der Waals surface area contributed by atoms with Gasteiger partial charge in [-0.15, -0.1) is 0 Å². The number of aromatic nitrogens is 1. The Morgan fingerprint density at radius 1 is 1.26 bits per heavy atom. The lowest BCUT2D eigenvalue weighted by Crippen LogP contribution is -2.19. The van der Waals surface area contributed by atoms with Gasteiger partial charge in [-0.05, 0) is 35.9 Å². The number of hydrogen-bond donors (Lipinski definition) is 2. The standard InChI is InChI=1S/C14H16N4O/c1-18(9-10-4-6-17-7-5-10)11-2-3-13(15)12(8-11)14(16)19/h2-8H,9,15H2,1H3,(H2,16,19). The van der Waals surface area contributed by atoms with Gasteiger partial charge in [-0.2, -0.15) is 0 Å². The molecule has 0 aliphatic carbocycles. The largest absolute Gasteiger partial charge is 0.398 e. The lowest BCUT2D eigenvalue weighted by Gasteiger charge is -2.20. The van der Waals surface area contributed by atoms with Gasteiger partial charge in [0.05, 0.1) is 5.56 Å². The van der Waals surface area contributed by atoms with Crippen LogP contribution in [0.15, 0.2) is 42.7 Å². The van der Waals surface area contributed by atoms with E-state index in [1.54, 1.807) is 24.5 Å². The fourth-order valence-corrected chi connectivity index (χ4v) is 1.85. The van der Waals surface area contributed by atoms with Gasteiger partial charge in [0.1, 0.15) is 0 Å². The van der Waals surface area contributed by atoms with E-state index in [1.165, 1.54) is 0 Å². The molecule has 0 aliphatic heterocycles. The molecule has 0 unspecified atom stereocenters. The first-order valence-electron chi connectivity index (χ1n) is 5.87. The van der Waals surface area contributed by atoms with Crippen molar-refractivity contribution < 1.29 is 4.79 Å². The molecule has 1 heterocycles. The van der Waals surface area contributed by atoms with E-state index in [2.05, 4.69) is 4.98 Å². The normalized spacial score (nSPS) is 10.2. The average Bonchev–Trinajstić information content (AvgIpc) is 2.40. The predicted molar refractivity (Wildman–Crippen MR) is 75.7 cm³/mol. The molecule has 1 aromatic heterocycles. The van der Waals surface area contributed by atoms with Gasteiger partial charge < -0.3 is 16.4 Å². The molecule has 5 nitrogen and oxygen atoms in total. The van der Waals surface area contributed by atoms with E-state index >= 15 is 0 Å². The lowest BCUT2D eigenvalue weighted by molar-refractivity contribution is 0.100. The third-order valence-corrected chi connectivity index (χ3v) is 2.91. The topological polar surface area (TPSA) is 85.2 Å². The Morgan fingerprint density at radius 2 is 1.95 bits per heavy atom. The Bertz CT molecular complexity index is 583. The highest BCUT2D eigenvalue weighted by molar-refractivity contribution is 5.99. The highest BCUT2D eigenvalue weighted by Gasteiger charge is 2.09. The minimum atomic E-state index is -0.517. The molecule has 0 fully saturated rings. The third kappa shape index (κ3) is 3.01. The molecule has 2 aromatic rings. The smallest absolute Gasteiger partial charge is 0.250 e. The Hall–Kier alpha value is -2.56. The van der Waals surface area contributed by atoms with Gasteiger partial charge >= 0.3 is 0 Å². The van der Waals surface area contributed by atoms with Crippen LogP contribution in [0, 0.1) is 0 Å². The fourth-order valence-electron chi connectivity index (χ4n) is 1.85. The molecule has 0 spiro atoms. The number of nitrogens with two attached hydrogens (primary N) is 2. The number of carbonyl (C=O) groups is 1. The van der Waals surface area contributed by atoms with E-state index < -0.39 is 5.91 Å². The van der Waals surface area contributed by atoms with Crippen molar-refractivity contribution in [2.45, 2.75) is 6.54 Å². The van der Waals surface area contributed by atoms with Gasteiger partial charge in [-0.3, -0.25) is 9.78 Å². The van der Waals surface area contributed by atoms with Crippen LogP contribution in [0.4, 0.5) is 11.4 Å². The second kappa shape index (κ2) is 5.39. The van der Waals surface area contributed by atoms with Crippen molar-refractivity contribution in [2.75, 3.05) is 17.7 Å². The molecule has 4 N–H and O–H groups in total. The molecule has 19 heavy (non-hydrogen) atoms. The number of rotatable bonds is 4. The van der Waals surface area contributed by atoms with E-state index in [0.29, 0.717) is 17.8 Å². The molecular formula is C14H16N4O. The van der Waals surface area contributed by atoms with Crippen LogP contribution in [0.5, 0.6) is 0 Å². The summed E-state index contributed by atoms with van der Waals surface area (Å²) >= 11 is 0. The number of benzene rings is 1. The summed E-state index contributed by atoms with van der Waals surface area (Å²) < 4.78 is 0. The highest BCUT2D eigenvalue weighted by Crippen LogP contribution is 2.21. The summed E-state index contributed by atoms with van der Waals surface area (Å²) in [4.78, 5) is 17.3. The SMILES string of the molecule is CN(Cc1ccncc1)c1ccc(N)c(C(N)=O)c1. The number of anilines is 2. The maximum atomic E-state index is 11.3. The average molecular weight is 256 g/mol. The first-order chi connectivity index (χ1) is 9.08. The van der Waals surface area contributed by atoms with E-state index in [1.807, 2.05) is 30.1 Å². The third-order valence-electron chi connectivity index (χ3n) is 2.91. The highest BCUT2D eigenvalue weighted by atomic mass is 16.1. The first-order valence-corrected chi connectivity index (χ1v) is 5.87. The second-order valence-electron chi connectivity index (χ2n) is 4.35. The van der Waals surface area contributed by atoms with Crippen molar-refractivity contribution in [1.82, 2.24) is 4.98 Å². The zero-order valence-corrected chi connectivity index (χ0v) is 10.7. The number of amides is 1. The summed E-state index contributed by atoms with van der Waals surface area (Å²) in [5, 5.41) is 0. The summed E-state index contributed by atoms with van der Waals surface area (Å²) in [6.07, 6.45) is 3.50. The van der Waals surface area contributed by atoms with E-state index in [4.69, 9.17) is 11.5 Å². The fraction of sp³-hybridized carbons (Fsp3) is 0.143. The molecule has 0 bridgehead atoms. The molecule has 0 atom stereocenters. The minimum absolute atomic E-state index is 0.346. The monoisotopic (exact) mass is 256 g/mol. The number of hydrogen-bond acceptors (Lipinski definition) is 4. The maximum Gasteiger partial charge on any atom is 0.250 e. The van der Waals surface area contributed by atoms with Crippen LogP contribution in [0.1, 0.15) is 15.9 Å². The van der Waals surface area contributed by atoms with E-state index in [9.17, 15) is 4.79 Å². The molecule has 0 aliphatic rings. The molecule has 5 heteroatoms. The maximum absolute atomic E-state index is 11.3. The Labute approximate surface area is 111 Å². The lowest BCUT2D eigenvalue weighted by atomic mass is 10.1. The molecule has 98 valence electrons. The van der Waals surface area contributed by atoms with Crippen LogP contribution < -0.4 is 16.4 Å². The summed E-state index contributed by atoms with van der Waals surface area (Å²) in [7, 11) is 1.94. The number of carbonyl (C=O) groups excluding carboxylic acids is 1. The Morgan fingerprint density at radius 3 is 2.58 bits per heavy atom. The van der Waals surface area contributed by atoms with Gasteiger partial charge in [-0.1, -0.05) is 0 Å². The van der Waals surface area contributed by atoms with Crippen LogP contribution in [-0.2, 0) is 6.54 Å². The molecule has 0 saturated carbocycles. The molecule has 0 radical (unpaired) electrons. The second-order valence-corrected chi connectivity index (χ2v) is 4.35. The van der Waals surface area contributed by atoms with Gasteiger partial charge in [0, 0.05) is 37.4 Å². The number of nitrogens with zero attached hydrogens (tertiary/aromatic N) is 2. The van der Waals surface area contributed by atoms with Gasteiger partial charge in [0.15, 0.2) is 0 Å². The van der Waals surface area contributed by atoms with Crippen LogP contribution in [0.2, 0.25) is 0 Å². The Balaban J connectivity index is 2.22. The van der Waals surface area contributed by atoms with E-state index in [0.717, 1.165) is 11.3 Å². The Kier molecular flexibility index (Phi) is 3.66. The number of pyridine rings is 1. The minimum Gasteiger partial charge on any atom is -0.398 e. The summed E-state index contributed by atoms with van der Waals surface area (Å²) in [6, 6.07) is 9.16. The van der Waals surface area contributed by atoms with Crippen molar-refractivity contribution in [3.63, 3.8) is 0 Å². The summed E-state index contributed by atoms with van der Waals surface area (Å²) in [5.74, 6) is -0.517. The van der Waals surface area contributed by atoms with Crippen molar-refractivity contribution in [1.29, 1.82) is 0 Å². The molecule has 0 saturated heterocycles. The van der Waals surface area contributed by atoms with Crippen LogP contribution in [-0.4, -0.2) is 17.9 Å². The van der Waals surface area contributed by atoms with Crippen molar-refractivity contribution >= 4 is 17.3 Å². The van der Waals surface area contributed by atoms with Crippen molar-refractivity contribution in [3.8, 4) is 0 Å². The van der Waals surface area contributed by atoms with Crippen LogP contribution >= 0.6 is 0 Å². The zero-order chi connectivity index (χ0) is 13.8. The molecule has 1 amide bonds. The van der Waals surface area contributed by atoms with Crippen LogP contribution in [0.3, 0.4) is 0 Å². The van der Waals surface area contributed by atoms with Gasteiger partial charge in [0.2, 0.25) is 0 Å². The van der Waals surface area contributed by atoms with Crippen LogP contribution in [0.25, 0.3) is 0 Å². The summed E-state index contributed by atoms with van der Waals surface area (Å²) in [6.45, 7) is 0.713. The quantitative estimate of drug-likeness (QED) is 0.810. The molecule has 1 aromatic carbocycles. The summed E-state index contributed by atoms with van der Waals surface area (Å²) in [5.41, 5.74) is 13.8. The first kappa shape index (κ1) is 12.9. The van der Waals surface area contributed by atoms with Gasteiger partial charge in [-0.25, -0.2) is 0 Å². The number of primary amides is 1. The molecular weight excluding hydrogens is 240 g/mol. The van der Waals surface area contributed by atoms with Crippen molar-refractivity contribution in [2.24, 2.45) is 5.73 Å². The van der Waals surface area contributed by atoms with Gasteiger partial charge in [0.25, 0.3) is 5.91 Å². The molecule has 2 rings (SSSR count). The number of nitrogen functional groups attached to an aromatic ring is 1.